The summed E-state index contributed by atoms with van der Waals surface area (Å²) in [6, 6.07) is 10.9. The van der Waals surface area contributed by atoms with E-state index in [0.29, 0.717) is 35.1 Å². The number of hydrogen-bond acceptors (Lipinski definition) is 8. The number of benzene rings is 2. The molecule has 0 saturated carbocycles. The molecule has 2 saturated heterocycles. The van der Waals surface area contributed by atoms with Crippen molar-refractivity contribution in [3.05, 3.63) is 59.4 Å². The fourth-order valence-corrected chi connectivity index (χ4v) is 5.29. The van der Waals surface area contributed by atoms with Crippen LogP contribution >= 0.6 is 11.6 Å². The van der Waals surface area contributed by atoms with Crippen LogP contribution in [0, 0.1) is 0 Å². The molecule has 3 amide bonds. The van der Waals surface area contributed by atoms with E-state index in [1.54, 1.807) is 41.3 Å². The third-order valence-corrected chi connectivity index (χ3v) is 7.63. The third kappa shape index (κ3) is 5.77. The van der Waals surface area contributed by atoms with Crippen LogP contribution in [-0.4, -0.2) is 104 Å². The SMILES string of the molecule is CC(C)N1CCN(c2ccc(CC(C(=O)O)N3CCN(c4cc(Cl)ccc4-n4cnnn4)C(=O)C3=O)cc2)C(=O)C1. The summed E-state index contributed by atoms with van der Waals surface area (Å²) in [6.07, 6.45) is 1.35. The van der Waals surface area contributed by atoms with Crippen LogP contribution in [0.3, 0.4) is 0 Å². The molecule has 2 aliphatic rings. The normalized spacial score (nSPS) is 17.5. The fourth-order valence-electron chi connectivity index (χ4n) is 5.13. The average Bonchev–Trinajstić information content (AvgIpc) is 3.48. The molecule has 41 heavy (non-hydrogen) atoms. The number of carbonyl (C=O) groups is 4. The van der Waals surface area contributed by atoms with E-state index in [1.165, 1.54) is 22.0 Å². The van der Waals surface area contributed by atoms with E-state index in [9.17, 15) is 24.3 Å². The Balaban J connectivity index is 1.30. The number of aromatic nitrogens is 4. The van der Waals surface area contributed by atoms with E-state index in [4.69, 9.17) is 11.6 Å². The maximum atomic E-state index is 13.3. The van der Waals surface area contributed by atoms with Crippen LogP contribution in [0.25, 0.3) is 5.69 Å². The molecule has 3 aromatic rings. The Morgan fingerprint density at radius 3 is 2.32 bits per heavy atom. The fraction of sp³-hybridized carbons (Fsp3) is 0.370. The minimum Gasteiger partial charge on any atom is -0.480 e. The van der Waals surface area contributed by atoms with Crippen molar-refractivity contribution in [3.63, 3.8) is 0 Å². The average molecular weight is 581 g/mol. The number of carboxylic acid groups (broad SMARTS) is 1. The molecule has 0 spiro atoms. The second kappa shape index (κ2) is 11.6. The lowest BCUT2D eigenvalue weighted by Crippen LogP contribution is -2.59. The molecule has 5 rings (SSSR count). The van der Waals surface area contributed by atoms with Crippen LogP contribution in [0.15, 0.2) is 48.8 Å². The summed E-state index contributed by atoms with van der Waals surface area (Å²) in [5, 5.41) is 21.5. The van der Waals surface area contributed by atoms with Crippen molar-refractivity contribution in [2.75, 3.05) is 42.5 Å². The molecule has 1 unspecified atom stereocenters. The van der Waals surface area contributed by atoms with E-state index in [1.807, 2.05) is 0 Å². The van der Waals surface area contributed by atoms with Gasteiger partial charge in [0.2, 0.25) is 5.91 Å². The van der Waals surface area contributed by atoms with Crippen molar-refractivity contribution < 1.29 is 24.3 Å². The van der Waals surface area contributed by atoms with E-state index in [-0.39, 0.29) is 31.5 Å². The van der Waals surface area contributed by atoms with Gasteiger partial charge in [0, 0.05) is 49.4 Å². The Kier molecular flexibility index (Phi) is 7.99. The van der Waals surface area contributed by atoms with Crippen molar-refractivity contribution in [1.29, 1.82) is 0 Å². The lowest BCUT2D eigenvalue weighted by Gasteiger charge is -2.37. The van der Waals surface area contributed by atoms with Crippen LogP contribution < -0.4 is 9.80 Å². The first kappa shape index (κ1) is 28.2. The lowest BCUT2D eigenvalue weighted by atomic mass is 10.0. The minimum atomic E-state index is -1.26. The molecule has 1 N–H and O–H groups in total. The van der Waals surface area contributed by atoms with Gasteiger partial charge in [0.25, 0.3) is 0 Å². The number of nitrogens with zero attached hydrogens (tertiary/aromatic N) is 8. The summed E-state index contributed by atoms with van der Waals surface area (Å²) in [4.78, 5) is 57.6. The third-order valence-electron chi connectivity index (χ3n) is 7.40. The van der Waals surface area contributed by atoms with Crippen LogP contribution in [0.5, 0.6) is 0 Å². The first-order valence-electron chi connectivity index (χ1n) is 13.2. The monoisotopic (exact) mass is 580 g/mol. The summed E-state index contributed by atoms with van der Waals surface area (Å²) in [5.74, 6) is -3.03. The Morgan fingerprint density at radius 1 is 0.951 bits per heavy atom. The number of carbonyl (C=O) groups excluding carboxylic acids is 3. The van der Waals surface area contributed by atoms with Gasteiger partial charge in [-0.2, -0.15) is 4.68 Å². The number of anilines is 2. The molecular weight excluding hydrogens is 552 g/mol. The standard InChI is InChI=1S/C27H29ClN8O5/c1-17(2)32-9-10-33(24(37)15-32)20-6-3-18(4-7-20)13-23(27(40)41)35-12-11-34(25(38)26(35)39)22-14-19(28)5-8-21(22)36-16-29-30-31-36/h3-8,14,16-17,23H,9-13,15H2,1-2H3,(H,40,41). The number of amides is 3. The minimum absolute atomic E-state index is 0.00323. The summed E-state index contributed by atoms with van der Waals surface area (Å²) < 4.78 is 1.34. The highest BCUT2D eigenvalue weighted by atomic mass is 35.5. The molecule has 0 aliphatic carbocycles. The highest BCUT2D eigenvalue weighted by Gasteiger charge is 2.40. The molecule has 14 heteroatoms. The van der Waals surface area contributed by atoms with Crippen LogP contribution in [0.1, 0.15) is 19.4 Å². The summed E-state index contributed by atoms with van der Waals surface area (Å²) in [6.45, 7) is 5.83. The first-order chi connectivity index (χ1) is 19.6. The first-order valence-corrected chi connectivity index (χ1v) is 13.5. The number of halogens is 1. The Morgan fingerprint density at radius 2 is 1.68 bits per heavy atom. The molecule has 3 heterocycles. The van der Waals surface area contributed by atoms with Gasteiger partial charge in [0.15, 0.2) is 0 Å². The summed E-state index contributed by atoms with van der Waals surface area (Å²) >= 11 is 6.18. The second-order valence-corrected chi connectivity index (χ2v) is 10.6. The number of aliphatic carboxylic acids is 1. The molecule has 0 radical (unpaired) electrons. The zero-order chi connectivity index (χ0) is 29.3. The predicted octanol–water partition coefficient (Wildman–Crippen LogP) is 1.24. The van der Waals surface area contributed by atoms with Gasteiger partial charge in [-0.15, -0.1) is 5.10 Å². The number of piperazine rings is 2. The molecule has 2 aromatic carbocycles. The van der Waals surface area contributed by atoms with Gasteiger partial charge in [0.1, 0.15) is 12.4 Å². The van der Waals surface area contributed by atoms with Crippen molar-refractivity contribution >= 4 is 46.7 Å². The highest BCUT2D eigenvalue weighted by Crippen LogP contribution is 2.30. The summed E-state index contributed by atoms with van der Waals surface area (Å²) in [7, 11) is 0. The van der Waals surface area contributed by atoms with Gasteiger partial charge >= 0.3 is 17.8 Å². The number of carboxylic acids is 1. The largest absolute Gasteiger partial charge is 0.480 e. The van der Waals surface area contributed by atoms with Crippen LogP contribution in [0.2, 0.25) is 5.02 Å². The molecule has 13 nitrogen and oxygen atoms in total. The van der Waals surface area contributed by atoms with E-state index < -0.39 is 23.8 Å². The van der Waals surface area contributed by atoms with Crippen molar-refractivity contribution in [1.82, 2.24) is 30.0 Å². The topological polar surface area (TPSA) is 145 Å². The van der Waals surface area contributed by atoms with E-state index in [2.05, 4.69) is 34.3 Å². The van der Waals surface area contributed by atoms with Crippen molar-refractivity contribution in [2.45, 2.75) is 32.4 Å². The van der Waals surface area contributed by atoms with Crippen molar-refractivity contribution in [2.24, 2.45) is 0 Å². The predicted molar refractivity (Wildman–Crippen MR) is 149 cm³/mol. The molecule has 2 aliphatic heterocycles. The van der Waals surface area contributed by atoms with Crippen molar-refractivity contribution in [3.8, 4) is 5.69 Å². The number of hydrogen-bond donors (Lipinski definition) is 1. The van der Waals surface area contributed by atoms with Gasteiger partial charge < -0.3 is 19.8 Å². The van der Waals surface area contributed by atoms with E-state index in [0.717, 1.165) is 17.1 Å². The highest BCUT2D eigenvalue weighted by molar-refractivity contribution is 6.41. The zero-order valence-corrected chi connectivity index (χ0v) is 23.3. The number of tetrazole rings is 1. The summed E-state index contributed by atoms with van der Waals surface area (Å²) in [5.41, 5.74) is 2.16. The van der Waals surface area contributed by atoms with Gasteiger partial charge in [-0.1, -0.05) is 23.7 Å². The molecule has 1 aromatic heterocycles. The molecule has 2 fully saturated rings. The number of rotatable bonds is 8. The zero-order valence-electron chi connectivity index (χ0n) is 22.6. The Labute approximate surface area is 240 Å². The van der Waals surface area contributed by atoms with Gasteiger partial charge in [-0.25, -0.2) is 4.79 Å². The van der Waals surface area contributed by atoms with E-state index >= 15 is 0 Å². The molecule has 1 atom stereocenters. The second-order valence-electron chi connectivity index (χ2n) is 10.2. The lowest BCUT2D eigenvalue weighted by molar-refractivity contribution is -0.155. The maximum absolute atomic E-state index is 13.3. The Hall–Kier alpha value is -4.36. The van der Waals surface area contributed by atoms with Crippen LogP contribution in [0.4, 0.5) is 11.4 Å². The molecular formula is C27H29ClN8O5. The molecule has 0 bridgehead atoms. The smallest absolute Gasteiger partial charge is 0.326 e. The van der Waals surface area contributed by atoms with Crippen LogP contribution in [-0.2, 0) is 25.6 Å². The molecule has 214 valence electrons. The quantitative estimate of drug-likeness (QED) is 0.389. The van der Waals surface area contributed by atoms with Gasteiger partial charge in [0.05, 0.1) is 17.9 Å². The maximum Gasteiger partial charge on any atom is 0.326 e. The van der Waals surface area contributed by atoms with Gasteiger partial charge in [-0.05, 0) is 60.2 Å². The Bertz CT molecular complexity index is 1460. The van der Waals surface area contributed by atoms with Gasteiger partial charge in [-0.3, -0.25) is 19.3 Å².